The fourth-order valence-electron chi connectivity index (χ4n) is 4.61. The number of fused-ring (bicyclic) bond motifs is 3. The van der Waals surface area contributed by atoms with Crippen LogP contribution in [0.1, 0.15) is 34.4 Å². The van der Waals surface area contributed by atoms with E-state index in [0.717, 1.165) is 43.9 Å². The molecule has 0 radical (unpaired) electrons. The summed E-state index contributed by atoms with van der Waals surface area (Å²) < 4.78 is 14.9. The van der Waals surface area contributed by atoms with Crippen LogP contribution >= 0.6 is 15.9 Å². The van der Waals surface area contributed by atoms with Gasteiger partial charge in [-0.3, -0.25) is 0 Å². The third-order valence-corrected chi connectivity index (χ3v) is 6.81. The van der Waals surface area contributed by atoms with Crippen molar-refractivity contribution in [3.05, 3.63) is 105 Å². The second-order valence-electron chi connectivity index (χ2n) is 8.18. The topological polar surface area (TPSA) is 61.2 Å². The number of hydrogen-bond acceptors (Lipinski definition) is 5. The molecule has 1 aromatic heterocycles. The molecule has 0 unspecified atom stereocenters. The van der Waals surface area contributed by atoms with E-state index >= 15 is 0 Å². The first-order chi connectivity index (χ1) is 16.1. The van der Waals surface area contributed by atoms with Gasteiger partial charge < -0.3 is 14.8 Å². The average Bonchev–Trinajstić information content (AvgIpc) is 3.31. The lowest BCUT2D eigenvalue weighted by atomic mass is 9.84. The zero-order valence-electron chi connectivity index (χ0n) is 18.1. The standard InChI is InChI=1S/C26H21BrN4O2/c1-15-7-9-16(10-8-15)24-22-23(30-26-28-14-29-31(24)26)18-5-3-4-6-20(18)33-25(22)17-11-12-21(32-2)19(27)13-17/h3-14,24-25H,1-2H3,(H,28,29,30)/t24-,25+/m0/s1. The van der Waals surface area contributed by atoms with E-state index in [1.807, 2.05) is 28.9 Å². The van der Waals surface area contributed by atoms with Crippen LogP contribution in [0.25, 0.3) is 5.70 Å². The largest absolute Gasteiger partial charge is 0.496 e. The number of rotatable bonds is 3. The maximum atomic E-state index is 6.66. The minimum atomic E-state index is -0.326. The van der Waals surface area contributed by atoms with Crippen molar-refractivity contribution >= 4 is 27.6 Å². The molecule has 1 N–H and O–H groups in total. The van der Waals surface area contributed by atoms with E-state index in [9.17, 15) is 0 Å². The van der Waals surface area contributed by atoms with Gasteiger partial charge in [0.05, 0.1) is 17.3 Å². The van der Waals surface area contributed by atoms with Crippen LogP contribution in [-0.2, 0) is 0 Å². The minimum Gasteiger partial charge on any atom is -0.496 e. The second kappa shape index (κ2) is 7.78. The first-order valence-corrected chi connectivity index (χ1v) is 11.5. The fourth-order valence-corrected chi connectivity index (χ4v) is 5.17. The molecule has 6 nitrogen and oxygen atoms in total. The Hall–Kier alpha value is -3.58. The second-order valence-corrected chi connectivity index (χ2v) is 9.04. The Morgan fingerprint density at radius 3 is 2.61 bits per heavy atom. The molecular weight excluding hydrogens is 480 g/mol. The quantitative estimate of drug-likeness (QED) is 0.378. The molecule has 33 heavy (non-hydrogen) atoms. The number of para-hydroxylation sites is 1. The highest BCUT2D eigenvalue weighted by atomic mass is 79.9. The van der Waals surface area contributed by atoms with E-state index in [2.05, 4.69) is 80.7 Å². The van der Waals surface area contributed by atoms with Crippen LogP contribution in [0.3, 0.4) is 0 Å². The molecule has 0 amide bonds. The van der Waals surface area contributed by atoms with Gasteiger partial charge in [0.2, 0.25) is 5.95 Å². The molecule has 2 aliphatic rings. The van der Waals surface area contributed by atoms with E-state index in [1.165, 1.54) is 5.56 Å². The predicted molar refractivity (Wildman–Crippen MR) is 130 cm³/mol. The maximum absolute atomic E-state index is 6.66. The van der Waals surface area contributed by atoms with Crippen molar-refractivity contribution in [1.82, 2.24) is 14.8 Å². The van der Waals surface area contributed by atoms with Gasteiger partial charge in [-0.2, -0.15) is 10.1 Å². The lowest BCUT2D eigenvalue weighted by Gasteiger charge is -2.39. The minimum absolute atomic E-state index is 0.168. The summed E-state index contributed by atoms with van der Waals surface area (Å²) in [5.41, 5.74) is 6.48. The summed E-state index contributed by atoms with van der Waals surface area (Å²) in [7, 11) is 1.67. The molecule has 7 heteroatoms. The molecule has 2 aliphatic heterocycles. The summed E-state index contributed by atoms with van der Waals surface area (Å²) in [6.07, 6.45) is 1.27. The molecule has 2 atom stereocenters. The number of ether oxygens (including phenoxy) is 2. The van der Waals surface area contributed by atoms with Gasteiger partial charge in [0.1, 0.15) is 30.0 Å². The van der Waals surface area contributed by atoms with Crippen LogP contribution in [0.5, 0.6) is 11.5 Å². The molecule has 0 fully saturated rings. The Kier molecular flexibility index (Phi) is 4.73. The number of anilines is 1. The zero-order chi connectivity index (χ0) is 22.5. The number of nitrogens with one attached hydrogen (secondary N) is 1. The van der Waals surface area contributed by atoms with E-state index in [-0.39, 0.29) is 12.1 Å². The van der Waals surface area contributed by atoms with Gasteiger partial charge in [-0.15, -0.1) is 0 Å². The first-order valence-electron chi connectivity index (χ1n) is 10.7. The van der Waals surface area contributed by atoms with Crippen molar-refractivity contribution in [3.8, 4) is 11.5 Å². The zero-order valence-corrected chi connectivity index (χ0v) is 19.7. The Morgan fingerprint density at radius 1 is 1.03 bits per heavy atom. The third kappa shape index (κ3) is 3.23. The Balaban J connectivity index is 1.61. The van der Waals surface area contributed by atoms with E-state index in [0.29, 0.717) is 5.95 Å². The van der Waals surface area contributed by atoms with Crippen LogP contribution in [-0.4, -0.2) is 21.9 Å². The van der Waals surface area contributed by atoms with Crippen LogP contribution < -0.4 is 14.8 Å². The number of nitrogens with zero attached hydrogens (tertiary/aromatic N) is 3. The summed E-state index contributed by atoms with van der Waals surface area (Å²) in [6.45, 7) is 2.09. The molecule has 0 saturated carbocycles. The van der Waals surface area contributed by atoms with Crippen LogP contribution in [0.15, 0.2) is 83.1 Å². The smallest absolute Gasteiger partial charge is 0.226 e. The van der Waals surface area contributed by atoms with E-state index in [1.54, 1.807) is 13.4 Å². The van der Waals surface area contributed by atoms with Crippen molar-refractivity contribution in [1.29, 1.82) is 0 Å². The number of methoxy groups -OCH3 is 1. The molecule has 0 saturated heterocycles. The van der Waals surface area contributed by atoms with Gasteiger partial charge >= 0.3 is 0 Å². The Morgan fingerprint density at radius 2 is 1.82 bits per heavy atom. The van der Waals surface area contributed by atoms with Crippen molar-refractivity contribution in [3.63, 3.8) is 0 Å². The molecule has 0 aliphatic carbocycles. The summed E-state index contributed by atoms with van der Waals surface area (Å²) in [5.74, 6) is 2.32. The first kappa shape index (κ1) is 20.1. The molecule has 4 aromatic rings. The van der Waals surface area contributed by atoms with Gasteiger partial charge in [0.25, 0.3) is 0 Å². The van der Waals surface area contributed by atoms with Crippen LogP contribution in [0.4, 0.5) is 5.95 Å². The summed E-state index contributed by atoms with van der Waals surface area (Å²) >= 11 is 3.64. The predicted octanol–water partition coefficient (Wildman–Crippen LogP) is 5.92. The summed E-state index contributed by atoms with van der Waals surface area (Å²) in [6, 6.07) is 22.6. The number of hydrogen-bond donors (Lipinski definition) is 1. The van der Waals surface area contributed by atoms with Gasteiger partial charge in [-0.1, -0.05) is 48.0 Å². The fraction of sp³-hybridized carbons (Fsp3) is 0.154. The third-order valence-electron chi connectivity index (χ3n) is 6.19. The van der Waals surface area contributed by atoms with Gasteiger partial charge in [0.15, 0.2) is 0 Å². The SMILES string of the molecule is COc1ccc([C@H]2Oc3ccccc3C3=C2[C@H](c2ccc(C)cc2)n2ncnc2N3)cc1Br. The molecule has 3 aromatic carbocycles. The van der Waals surface area contributed by atoms with E-state index in [4.69, 9.17) is 9.47 Å². The normalized spacial score (nSPS) is 18.5. The highest BCUT2D eigenvalue weighted by Gasteiger charge is 2.40. The number of aromatic nitrogens is 3. The highest BCUT2D eigenvalue weighted by molar-refractivity contribution is 9.10. The average molecular weight is 501 g/mol. The van der Waals surface area contributed by atoms with Gasteiger partial charge in [-0.05, 0) is 58.2 Å². The van der Waals surface area contributed by atoms with Crippen molar-refractivity contribution in [2.75, 3.05) is 12.4 Å². The summed E-state index contributed by atoms with van der Waals surface area (Å²) in [4.78, 5) is 4.49. The molecule has 0 bridgehead atoms. The summed E-state index contributed by atoms with van der Waals surface area (Å²) in [5, 5.41) is 8.12. The number of halogens is 1. The van der Waals surface area contributed by atoms with Crippen LogP contribution in [0.2, 0.25) is 0 Å². The molecule has 6 rings (SSSR count). The lowest BCUT2D eigenvalue weighted by molar-refractivity contribution is 0.223. The Labute approximate surface area is 200 Å². The van der Waals surface area contributed by atoms with Gasteiger partial charge in [0, 0.05) is 11.1 Å². The number of benzene rings is 3. The lowest BCUT2D eigenvalue weighted by Crippen LogP contribution is -2.32. The maximum Gasteiger partial charge on any atom is 0.226 e. The molecule has 0 spiro atoms. The molecule has 3 heterocycles. The van der Waals surface area contributed by atoms with Crippen molar-refractivity contribution < 1.29 is 9.47 Å². The molecular formula is C26H21BrN4O2. The highest BCUT2D eigenvalue weighted by Crippen LogP contribution is 2.51. The Bertz CT molecular complexity index is 1390. The van der Waals surface area contributed by atoms with Crippen molar-refractivity contribution in [2.24, 2.45) is 0 Å². The van der Waals surface area contributed by atoms with Crippen molar-refractivity contribution in [2.45, 2.75) is 19.1 Å². The van der Waals surface area contributed by atoms with Gasteiger partial charge in [-0.25, -0.2) is 4.68 Å². The molecule has 164 valence electrons. The monoisotopic (exact) mass is 500 g/mol. The van der Waals surface area contributed by atoms with Crippen LogP contribution in [0, 0.1) is 6.92 Å². The van der Waals surface area contributed by atoms with E-state index < -0.39 is 0 Å². The number of aryl methyl sites for hydroxylation is 1.